The number of carbonyl (C=O) groups is 2. The topological polar surface area (TPSA) is 64.7 Å². The van der Waals surface area contributed by atoms with E-state index < -0.39 is 0 Å². The Morgan fingerprint density at radius 3 is 2.13 bits per heavy atom. The number of likely N-dealkylation sites (tertiary alicyclic amines) is 2. The molecule has 0 saturated carbocycles. The minimum atomic E-state index is -0.0942. The maximum atomic E-state index is 12.9. The van der Waals surface area contributed by atoms with E-state index >= 15 is 0 Å². The Labute approximate surface area is 184 Å². The highest BCUT2D eigenvalue weighted by atomic mass is 16.2. The fraction of sp³-hybridized carbons (Fsp3) is 0.440. The summed E-state index contributed by atoms with van der Waals surface area (Å²) in [6.45, 7) is 4.02. The Morgan fingerprint density at radius 2 is 1.48 bits per heavy atom. The van der Waals surface area contributed by atoms with Gasteiger partial charge >= 0.3 is 6.03 Å². The number of nitrogens with zero attached hydrogens (tertiary/aromatic N) is 2. The third-order valence-corrected chi connectivity index (χ3v) is 6.41. The average molecular weight is 421 g/mol. The van der Waals surface area contributed by atoms with Gasteiger partial charge in [-0.15, -0.1) is 0 Å². The van der Waals surface area contributed by atoms with Crippen LogP contribution in [0.15, 0.2) is 60.7 Å². The molecule has 0 bridgehead atoms. The van der Waals surface area contributed by atoms with Gasteiger partial charge in [0.15, 0.2) is 0 Å². The second-order valence-corrected chi connectivity index (χ2v) is 8.47. The molecule has 31 heavy (non-hydrogen) atoms. The van der Waals surface area contributed by atoms with Crippen molar-refractivity contribution in [2.45, 2.75) is 31.7 Å². The number of urea groups is 1. The molecule has 6 nitrogen and oxygen atoms in total. The number of amides is 3. The van der Waals surface area contributed by atoms with Crippen LogP contribution in [0.2, 0.25) is 0 Å². The summed E-state index contributed by atoms with van der Waals surface area (Å²) in [6.07, 6.45) is 3.85. The summed E-state index contributed by atoms with van der Waals surface area (Å²) in [5.41, 5.74) is 2.05. The number of piperidine rings is 1. The zero-order valence-electron chi connectivity index (χ0n) is 18.0. The summed E-state index contributed by atoms with van der Waals surface area (Å²) in [7, 11) is 0. The molecule has 0 aliphatic carbocycles. The van der Waals surface area contributed by atoms with Gasteiger partial charge in [-0.05, 0) is 56.5 Å². The van der Waals surface area contributed by atoms with Crippen LogP contribution in [0.3, 0.4) is 0 Å². The number of benzene rings is 2. The van der Waals surface area contributed by atoms with Gasteiger partial charge in [0.2, 0.25) is 5.91 Å². The fourth-order valence-electron chi connectivity index (χ4n) is 4.60. The van der Waals surface area contributed by atoms with E-state index in [1.807, 2.05) is 36.4 Å². The molecule has 2 aliphatic rings. The van der Waals surface area contributed by atoms with Crippen molar-refractivity contribution in [2.75, 3.05) is 38.0 Å². The molecule has 2 aliphatic heterocycles. The molecule has 2 heterocycles. The maximum absolute atomic E-state index is 12.9. The van der Waals surface area contributed by atoms with E-state index in [-0.39, 0.29) is 23.9 Å². The molecule has 2 saturated heterocycles. The van der Waals surface area contributed by atoms with E-state index in [9.17, 15) is 9.59 Å². The van der Waals surface area contributed by atoms with Gasteiger partial charge in [-0.3, -0.25) is 9.69 Å². The molecule has 0 spiro atoms. The zero-order valence-corrected chi connectivity index (χ0v) is 18.0. The summed E-state index contributed by atoms with van der Waals surface area (Å²) in [4.78, 5) is 29.6. The lowest BCUT2D eigenvalue weighted by Gasteiger charge is -2.32. The van der Waals surface area contributed by atoms with Crippen LogP contribution in [-0.4, -0.2) is 54.5 Å². The summed E-state index contributed by atoms with van der Waals surface area (Å²) in [6, 6.07) is 20.1. The van der Waals surface area contributed by atoms with Crippen LogP contribution in [0.1, 0.15) is 37.3 Å². The highest BCUT2D eigenvalue weighted by molar-refractivity contribution is 5.89. The maximum Gasteiger partial charge on any atom is 0.321 e. The average Bonchev–Trinajstić information content (AvgIpc) is 3.35. The number of hydrogen-bond donors (Lipinski definition) is 2. The van der Waals surface area contributed by atoms with Crippen molar-refractivity contribution < 1.29 is 9.59 Å². The van der Waals surface area contributed by atoms with Crippen LogP contribution in [-0.2, 0) is 4.79 Å². The van der Waals surface area contributed by atoms with Crippen molar-refractivity contribution in [2.24, 2.45) is 5.92 Å². The van der Waals surface area contributed by atoms with Gasteiger partial charge in [-0.1, -0.05) is 48.5 Å². The fourth-order valence-corrected chi connectivity index (χ4v) is 4.60. The first-order valence-corrected chi connectivity index (χ1v) is 11.4. The molecule has 2 aromatic carbocycles. The Hall–Kier alpha value is -2.86. The number of para-hydroxylation sites is 1. The normalized spacial score (nSPS) is 18.5. The molecule has 2 fully saturated rings. The van der Waals surface area contributed by atoms with Crippen molar-refractivity contribution in [1.29, 1.82) is 0 Å². The second-order valence-electron chi connectivity index (χ2n) is 8.47. The van der Waals surface area contributed by atoms with Gasteiger partial charge in [-0.25, -0.2) is 4.79 Å². The van der Waals surface area contributed by atoms with Crippen molar-refractivity contribution in [3.63, 3.8) is 0 Å². The predicted octanol–water partition coefficient (Wildman–Crippen LogP) is 3.88. The molecule has 3 amide bonds. The quantitative estimate of drug-likeness (QED) is 0.745. The van der Waals surface area contributed by atoms with Gasteiger partial charge in [0.05, 0.1) is 6.04 Å². The minimum Gasteiger partial charge on any atom is -0.354 e. The summed E-state index contributed by atoms with van der Waals surface area (Å²) >= 11 is 0. The Bertz CT molecular complexity index is 844. The molecule has 4 rings (SSSR count). The lowest BCUT2D eigenvalue weighted by molar-refractivity contribution is -0.126. The van der Waals surface area contributed by atoms with Gasteiger partial charge in [-0.2, -0.15) is 0 Å². The summed E-state index contributed by atoms with van der Waals surface area (Å²) in [5.74, 6) is 0.0824. The predicted molar refractivity (Wildman–Crippen MR) is 123 cm³/mol. The number of anilines is 1. The third kappa shape index (κ3) is 5.64. The van der Waals surface area contributed by atoms with Gasteiger partial charge < -0.3 is 15.5 Å². The second kappa shape index (κ2) is 10.4. The smallest absolute Gasteiger partial charge is 0.321 e. The number of hydrogen-bond acceptors (Lipinski definition) is 3. The first-order chi connectivity index (χ1) is 15.2. The zero-order chi connectivity index (χ0) is 21.5. The number of nitrogens with one attached hydrogen (secondary N) is 2. The van der Waals surface area contributed by atoms with Crippen molar-refractivity contribution in [1.82, 2.24) is 15.1 Å². The lowest BCUT2D eigenvalue weighted by atomic mass is 9.95. The number of rotatable bonds is 6. The highest BCUT2D eigenvalue weighted by Gasteiger charge is 2.29. The van der Waals surface area contributed by atoms with E-state index in [0.717, 1.165) is 18.8 Å². The van der Waals surface area contributed by atoms with E-state index in [1.54, 1.807) is 4.90 Å². The Kier molecular flexibility index (Phi) is 7.20. The van der Waals surface area contributed by atoms with Crippen LogP contribution >= 0.6 is 0 Å². The van der Waals surface area contributed by atoms with Crippen molar-refractivity contribution in [3.8, 4) is 0 Å². The van der Waals surface area contributed by atoms with Crippen molar-refractivity contribution in [3.05, 3.63) is 66.2 Å². The molecular formula is C25H32N4O2. The largest absolute Gasteiger partial charge is 0.354 e. The molecule has 164 valence electrons. The van der Waals surface area contributed by atoms with Gasteiger partial charge in [0, 0.05) is 31.2 Å². The summed E-state index contributed by atoms with van der Waals surface area (Å²) in [5, 5.41) is 6.14. The third-order valence-electron chi connectivity index (χ3n) is 6.41. The van der Waals surface area contributed by atoms with Gasteiger partial charge in [0.1, 0.15) is 0 Å². The molecule has 6 heteroatoms. The minimum absolute atomic E-state index is 0.0317. The lowest BCUT2D eigenvalue weighted by Crippen LogP contribution is -2.45. The molecule has 0 unspecified atom stereocenters. The first-order valence-electron chi connectivity index (χ1n) is 11.4. The van der Waals surface area contributed by atoms with Crippen molar-refractivity contribution >= 4 is 17.6 Å². The molecular weight excluding hydrogens is 388 g/mol. The standard InChI is InChI=1S/C25H32N4O2/c30-24(26-19-23(28-15-7-8-16-28)20-9-3-1-4-10-20)21-13-17-29(18-14-21)25(31)27-22-11-5-2-6-12-22/h1-6,9-12,21,23H,7-8,13-19H2,(H,26,30)(H,27,31)/t23-/m0/s1. The Morgan fingerprint density at radius 1 is 0.871 bits per heavy atom. The first kappa shape index (κ1) is 21.4. The van der Waals surface area contributed by atoms with E-state index in [0.29, 0.717) is 32.5 Å². The Balaban J connectivity index is 1.27. The van der Waals surface area contributed by atoms with Gasteiger partial charge in [0.25, 0.3) is 0 Å². The van der Waals surface area contributed by atoms with E-state index in [1.165, 1.54) is 18.4 Å². The molecule has 0 aromatic heterocycles. The molecule has 1 atom stereocenters. The summed E-state index contributed by atoms with van der Waals surface area (Å²) < 4.78 is 0. The monoisotopic (exact) mass is 420 g/mol. The molecule has 2 aromatic rings. The van der Waals surface area contributed by atoms with Crippen LogP contribution in [0, 0.1) is 5.92 Å². The van der Waals surface area contributed by atoms with Crippen LogP contribution in [0.25, 0.3) is 0 Å². The number of carbonyl (C=O) groups excluding carboxylic acids is 2. The van der Waals surface area contributed by atoms with Crippen LogP contribution < -0.4 is 10.6 Å². The highest BCUT2D eigenvalue weighted by Crippen LogP contribution is 2.25. The van der Waals surface area contributed by atoms with E-state index in [4.69, 9.17) is 0 Å². The van der Waals surface area contributed by atoms with E-state index in [2.05, 4.69) is 39.8 Å². The molecule has 2 N–H and O–H groups in total. The van der Waals surface area contributed by atoms with Crippen LogP contribution in [0.4, 0.5) is 10.5 Å². The van der Waals surface area contributed by atoms with Crippen LogP contribution in [0.5, 0.6) is 0 Å². The SMILES string of the molecule is O=C(NC[C@@H](c1ccccc1)N1CCCC1)C1CCN(C(=O)Nc2ccccc2)CC1. The molecule has 0 radical (unpaired) electrons.